The van der Waals surface area contributed by atoms with E-state index < -0.39 is 0 Å². The highest BCUT2D eigenvalue weighted by Crippen LogP contribution is 2.40. The molecule has 0 N–H and O–H groups in total. The minimum Gasteiger partial charge on any atom is -0.338 e. The number of hydrogen-bond acceptors (Lipinski definition) is 1. The van der Waals surface area contributed by atoms with E-state index in [4.69, 9.17) is 11.6 Å². The first-order valence-corrected chi connectivity index (χ1v) is 7.92. The lowest BCUT2D eigenvalue weighted by Crippen LogP contribution is -2.24. The van der Waals surface area contributed by atoms with Crippen molar-refractivity contribution >= 4 is 38.9 Å². The van der Waals surface area contributed by atoms with E-state index in [1.807, 2.05) is 6.07 Å². The highest BCUT2D eigenvalue weighted by atomic mass is 79.9. The van der Waals surface area contributed by atoms with Crippen LogP contribution in [0.5, 0.6) is 0 Å². The molecule has 3 heteroatoms. The molecule has 1 atom stereocenters. The molecule has 0 saturated heterocycles. The molecule has 0 saturated carbocycles. The van der Waals surface area contributed by atoms with Gasteiger partial charge in [0.25, 0.3) is 0 Å². The summed E-state index contributed by atoms with van der Waals surface area (Å²) in [5.41, 5.74) is 5.20. The first-order chi connectivity index (χ1) is 9.20. The first-order valence-electron chi connectivity index (χ1n) is 6.42. The molecule has 98 valence electrons. The molecule has 1 heterocycles. The van der Waals surface area contributed by atoms with Crippen molar-refractivity contribution in [3.8, 4) is 0 Å². The summed E-state index contributed by atoms with van der Waals surface area (Å²) in [5, 5.41) is 1.63. The minimum absolute atomic E-state index is 0.466. The van der Waals surface area contributed by atoms with E-state index >= 15 is 0 Å². The van der Waals surface area contributed by atoms with Crippen molar-refractivity contribution in [2.24, 2.45) is 0 Å². The van der Waals surface area contributed by atoms with Gasteiger partial charge >= 0.3 is 0 Å². The van der Waals surface area contributed by atoms with Gasteiger partial charge in [-0.15, -0.1) is 0 Å². The molecular formula is C16H15BrClN. The van der Waals surface area contributed by atoms with Crippen LogP contribution in [0, 0.1) is 0 Å². The summed E-state index contributed by atoms with van der Waals surface area (Å²) in [6.45, 7) is 2.26. The van der Waals surface area contributed by atoms with Crippen molar-refractivity contribution in [1.82, 2.24) is 0 Å². The van der Waals surface area contributed by atoms with Gasteiger partial charge in [0.1, 0.15) is 0 Å². The second-order valence-electron chi connectivity index (χ2n) is 4.96. The lowest BCUT2D eigenvalue weighted by molar-refractivity contribution is 0.757. The van der Waals surface area contributed by atoms with Crippen LogP contribution in [0.4, 0.5) is 11.4 Å². The van der Waals surface area contributed by atoms with Gasteiger partial charge in [0.2, 0.25) is 0 Å². The van der Waals surface area contributed by atoms with Crippen molar-refractivity contribution in [3.63, 3.8) is 0 Å². The lowest BCUT2D eigenvalue weighted by atomic mass is 10.1. The van der Waals surface area contributed by atoms with Crippen LogP contribution in [-0.4, -0.2) is 6.04 Å². The number of para-hydroxylation sites is 1. The topological polar surface area (TPSA) is 3.24 Å². The number of nitrogens with zero attached hydrogens (tertiary/aromatic N) is 1. The van der Waals surface area contributed by atoms with Crippen molar-refractivity contribution in [3.05, 3.63) is 58.6 Å². The maximum atomic E-state index is 6.19. The molecule has 1 aliphatic heterocycles. The second kappa shape index (κ2) is 5.18. The normalized spacial score (nSPS) is 17.6. The van der Waals surface area contributed by atoms with Gasteiger partial charge in [-0.1, -0.05) is 51.8 Å². The van der Waals surface area contributed by atoms with E-state index in [1.54, 1.807) is 0 Å². The van der Waals surface area contributed by atoms with E-state index in [-0.39, 0.29) is 0 Å². The molecule has 0 fully saturated rings. The Morgan fingerprint density at radius 3 is 2.79 bits per heavy atom. The van der Waals surface area contributed by atoms with Gasteiger partial charge in [0, 0.05) is 27.8 Å². The number of halogens is 2. The van der Waals surface area contributed by atoms with Crippen LogP contribution in [0.3, 0.4) is 0 Å². The molecular weight excluding hydrogens is 322 g/mol. The molecule has 2 aromatic carbocycles. The number of anilines is 2. The van der Waals surface area contributed by atoms with Crippen LogP contribution in [0.2, 0.25) is 5.02 Å². The average Bonchev–Trinajstić information content (AvgIpc) is 2.74. The molecule has 0 radical (unpaired) electrons. The highest BCUT2D eigenvalue weighted by Gasteiger charge is 2.28. The Bertz CT molecular complexity index is 611. The van der Waals surface area contributed by atoms with Crippen LogP contribution in [0.15, 0.2) is 42.5 Å². The van der Waals surface area contributed by atoms with Crippen molar-refractivity contribution in [1.29, 1.82) is 0 Å². The van der Waals surface area contributed by atoms with E-state index in [2.05, 4.69) is 64.2 Å². The van der Waals surface area contributed by atoms with Crippen molar-refractivity contribution in [2.45, 2.75) is 24.7 Å². The zero-order valence-corrected chi connectivity index (χ0v) is 13.1. The van der Waals surface area contributed by atoms with E-state index in [0.29, 0.717) is 6.04 Å². The molecule has 0 amide bonds. The van der Waals surface area contributed by atoms with Gasteiger partial charge in [-0.2, -0.15) is 0 Å². The fraction of sp³-hybridized carbons (Fsp3) is 0.250. The smallest absolute Gasteiger partial charge is 0.0469 e. The molecule has 1 unspecified atom stereocenters. The van der Waals surface area contributed by atoms with Gasteiger partial charge in [0.15, 0.2) is 0 Å². The van der Waals surface area contributed by atoms with Gasteiger partial charge in [-0.3, -0.25) is 0 Å². The molecule has 0 bridgehead atoms. The summed E-state index contributed by atoms with van der Waals surface area (Å²) < 4.78 is 0. The monoisotopic (exact) mass is 335 g/mol. The predicted octanol–water partition coefficient (Wildman–Crippen LogP) is 5.32. The summed E-state index contributed by atoms with van der Waals surface area (Å²) in [6, 6.07) is 15.2. The maximum Gasteiger partial charge on any atom is 0.0469 e. The zero-order valence-electron chi connectivity index (χ0n) is 10.7. The summed E-state index contributed by atoms with van der Waals surface area (Å²) >= 11 is 9.76. The number of alkyl halides is 1. The largest absolute Gasteiger partial charge is 0.338 e. The number of hydrogen-bond donors (Lipinski definition) is 0. The van der Waals surface area contributed by atoms with Crippen LogP contribution in [0.25, 0.3) is 0 Å². The van der Waals surface area contributed by atoms with Crippen LogP contribution >= 0.6 is 27.5 Å². The summed E-state index contributed by atoms with van der Waals surface area (Å²) in [6.07, 6.45) is 1.09. The van der Waals surface area contributed by atoms with Gasteiger partial charge in [0.05, 0.1) is 0 Å². The van der Waals surface area contributed by atoms with Crippen molar-refractivity contribution in [2.75, 3.05) is 4.90 Å². The minimum atomic E-state index is 0.466. The molecule has 0 spiro atoms. The molecule has 0 aliphatic carbocycles. The van der Waals surface area contributed by atoms with Gasteiger partial charge in [-0.05, 0) is 42.7 Å². The Morgan fingerprint density at radius 2 is 2.00 bits per heavy atom. The molecule has 1 aliphatic rings. The van der Waals surface area contributed by atoms with Crippen LogP contribution in [0.1, 0.15) is 18.1 Å². The average molecular weight is 337 g/mol. The molecule has 2 aromatic rings. The summed E-state index contributed by atoms with van der Waals surface area (Å²) in [7, 11) is 0. The van der Waals surface area contributed by atoms with Gasteiger partial charge < -0.3 is 4.90 Å². The fourth-order valence-corrected chi connectivity index (χ4v) is 3.45. The Labute approximate surface area is 127 Å². The van der Waals surface area contributed by atoms with Crippen molar-refractivity contribution < 1.29 is 0 Å². The molecule has 3 rings (SSSR count). The number of fused-ring (bicyclic) bond motifs is 1. The number of rotatable bonds is 2. The van der Waals surface area contributed by atoms with Gasteiger partial charge in [-0.25, -0.2) is 0 Å². The highest BCUT2D eigenvalue weighted by molar-refractivity contribution is 9.08. The lowest BCUT2D eigenvalue weighted by Gasteiger charge is -2.27. The van der Waals surface area contributed by atoms with Crippen LogP contribution < -0.4 is 4.90 Å². The predicted molar refractivity (Wildman–Crippen MR) is 85.8 cm³/mol. The summed E-state index contributed by atoms with van der Waals surface area (Å²) in [5.74, 6) is 0. The molecule has 19 heavy (non-hydrogen) atoms. The Hall–Kier alpha value is -0.990. The summed E-state index contributed by atoms with van der Waals surface area (Å²) in [4.78, 5) is 2.40. The molecule has 0 aromatic heterocycles. The maximum absolute atomic E-state index is 6.19. The standard InChI is InChI=1S/C16H15BrClN/c1-11-8-12-4-2-3-5-15(12)19(11)16-9-14(18)7-6-13(16)10-17/h2-7,9,11H,8,10H2,1H3. The van der Waals surface area contributed by atoms with E-state index in [9.17, 15) is 0 Å². The quantitative estimate of drug-likeness (QED) is 0.671. The molecule has 1 nitrogen and oxygen atoms in total. The Morgan fingerprint density at radius 1 is 1.21 bits per heavy atom. The van der Waals surface area contributed by atoms with E-state index in [0.717, 1.165) is 16.8 Å². The number of benzene rings is 2. The second-order valence-corrected chi connectivity index (χ2v) is 5.96. The fourth-order valence-electron chi connectivity index (χ4n) is 2.81. The van der Waals surface area contributed by atoms with E-state index in [1.165, 1.54) is 22.5 Å². The Kier molecular flexibility index (Phi) is 3.55. The Balaban J connectivity index is 2.14. The third-order valence-corrected chi connectivity index (χ3v) is 4.50. The first kappa shape index (κ1) is 13.0. The SMILES string of the molecule is CC1Cc2ccccc2N1c1cc(Cl)ccc1CBr. The third kappa shape index (κ3) is 2.28. The zero-order chi connectivity index (χ0) is 13.4. The third-order valence-electron chi connectivity index (χ3n) is 3.66. The van der Waals surface area contributed by atoms with Crippen LogP contribution in [-0.2, 0) is 11.8 Å².